The lowest BCUT2D eigenvalue weighted by Crippen LogP contribution is -2.28. The second kappa shape index (κ2) is 7.14. The van der Waals surface area contributed by atoms with Crippen molar-refractivity contribution in [2.45, 2.75) is 31.8 Å². The van der Waals surface area contributed by atoms with Crippen molar-refractivity contribution < 1.29 is 14.3 Å². The van der Waals surface area contributed by atoms with Crippen molar-refractivity contribution in [2.75, 3.05) is 20.8 Å². The Hall–Kier alpha value is -1.75. The smallest absolute Gasteiger partial charge is 0.221 e. The molecular formula is C15H22N2O3. The standard InChI is InChI=1S/C15H22N2O3/c1-19-13-6-3-11(9-14(13)20-2)10-17-15(18)7-8-16-12-4-5-12/h3,6,9,12,16H,4-5,7-8,10H2,1-2H3,(H,17,18). The van der Waals surface area contributed by atoms with Gasteiger partial charge in [0.2, 0.25) is 5.91 Å². The number of carbonyl (C=O) groups excluding carboxylic acids is 1. The third kappa shape index (κ3) is 4.42. The van der Waals surface area contributed by atoms with Gasteiger partial charge in [-0.2, -0.15) is 0 Å². The van der Waals surface area contributed by atoms with Crippen molar-refractivity contribution in [1.82, 2.24) is 10.6 Å². The Bertz CT molecular complexity index is 458. The van der Waals surface area contributed by atoms with Gasteiger partial charge in [0, 0.05) is 25.6 Å². The fourth-order valence-electron chi connectivity index (χ4n) is 1.96. The Kier molecular flexibility index (Phi) is 5.24. The first-order valence-corrected chi connectivity index (χ1v) is 6.94. The van der Waals surface area contributed by atoms with E-state index in [4.69, 9.17) is 9.47 Å². The molecule has 1 fully saturated rings. The highest BCUT2D eigenvalue weighted by Crippen LogP contribution is 2.27. The molecule has 5 nitrogen and oxygen atoms in total. The maximum atomic E-state index is 11.7. The van der Waals surface area contributed by atoms with E-state index >= 15 is 0 Å². The first-order valence-electron chi connectivity index (χ1n) is 6.94. The van der Waals surface area contributed by atoms with Crippen LogP contribution in [0.2, 0.25) is 0 Å². The van der Waals surface area contributed by atoms with Crippen LogP contribution < -0.4 is 20.1 Å². The SMILES string of the molecule is COc1ccc(CNC(=O)CCNC2CC2)cc1OC. The molecule has 1 amide bonds. The van der Waals surface area contributed by atoms with Gasteiger partial charge in [-0.15, -0.1) is 0 Å². The molecule has 20 heavy (non-hydrogen) atoms. The van der Waals surface area contributed by atoms with Gasteiger partial charge in [0.1, 0.15) is 0 Å². The van der Waals surface area contributed by atoms with Crippen molar-refractivity contribution in [2.24, 2.45) is 0 Å². The summed E-state index contributed by atoms with van der Waals surface area (Å²) in [6.07, 6.45) is 3.00. The van der Waals surface area contributed by atoms with Gasteiger partial charge in [-0.3, -0.25) is 4.79 Å². The number of rotatable bonds is 8. The summed E-state index contributed by atoms with van der Waals surface area (Å²) in [6, 6.07) is 6.29. The first kappa shape index (κ1) is 14.7. The van der Waals surface area contributed by atoms with Crippen LogP contribution in [0.4, 0.5) is 0 Å². The van der Waals surface area contributed by atoms with E-state index in [0.717, 1.165) is 12.1 Å². The molecule has 0 unspecified atom stereocenters. The lowest BCUT2D eigenvalue weighted by Gasteiger charge is -2.10. The second-order valence-electron chi connectivity index (χ2n) is 4.94. The number of hydrogen-bond acceptors (Lipinski definition) is 4. The van der Waals surface area contributed by atoms with Crippen LogP contribution in [-0.2, 0) is 11.3 Å². The highest BCUT2D eigenvalue weighted by molar-refractivity contribution is 5.76. The summed E-state index contributed by atoms with van der Waals surface area (Å²) in [4.78, 5) is 11.7. The van der Waals surface area contributed by atoms with Crippen LogP contribution in [0.1, 0.15) is 24.8 Å². The van der Waals surface area contributed by atoms with E-state index in [1.165, 1.54) is 12.8 Å². The summed E-state index contributed by atoms with van der Waals surface area (Å²) < 4.78 is 10.4. The highest BCUT2D eigenvalue weighted by atomic mass is 16.5. The highest BCUT2D eigenvalue weighted by Gasteiger charge is 2.20. The summed E-state index contributed by atoms with van der Waals surface area (Å²) in [6.45, 7) is 1.26. The minimum Gasteiger partial charge on any atom is -0.493 e. The molecule has 2 rings (SSSR count). The molecule has 110 valence electrons. The Balaban J connectivity index is 1.75. The lowest BCUT2D eigenvalue weighted by atomic mass is 10.2. The topological polar surface area (TPSA) is 59.6 Å². The first-order chi connectivity index (χ1) is 9.72. The van der Waals surface area contributed by atoms with E-state index in [2.05, 4.69) is 10.6 Å². The van der Waals surface area contributed by atoms with E-state index in [0.29, 0.717) is 30.5 Å². The van der Waals surface area contributed by atoms with Crippen LogP contribution in [0.15, 0.2) is 18.2 Å². The average molecular weight is 278 g/mol. The van der Waals surface area contributed by atoms with Crippen LogP contribution in [0.25, 0.3) is 0 Å². The quantitative estimate of drug-likeness (QED) is 0.756. The molecule has 5 heteroatoms. The number of benzene rings is 1. The van der Waals surface area contributed by atoms with E-state index in [-0.39, 0.29) is 5.91 Å². The zero-order valence-corrected chi connectivity index (χ0v) is 12.1. The Morgan fingerprint density at radius 1 is 1.25 bits per heavy atom. The Morgan fingerprint density at radius 2 is 2.00 bits per heavy atom. The average Bonchev–Trinajstić information content (AvgIpc) is 3.29. The molecular weight excluding hydrogens is 256 g/mol. The number of ether oxygens (including phenoxy) is 2. The summed E-state index contributed by atoms with van der Waals surface area (Å²) in [7, 11) is 3.20. The predicted octanol–water partition coefficient (Wildman–Crippen LogP) is 1.46. The molecule has 1 saturated carbocycles. The third-order valence-corrected chi connectivity index (χ3v) is 3.30. The predicted molar refractivity (Wildman–Crippen MR) is 77.0 cm³/mol. The molecule has 1 aromatic carbocycles. The van der Waals surface area contributed by atoms with Crippen molar-refractivity contribution >= 4 is 5.91 Å². The molecule has 0 aromatic heterocycles. The molecule has 1 aliphatic carbocycles. The molecule has 0 bridgehead atoms. The van der Waals surface area contributed by atoms with E-state index in [1.807, 2.05) is 18.2 Å². The van der Waals surface area contributed by atoms with Gasteiger partial charge in [0.15, 0.2) is 11.5 Å². The van der Waals surface area contributed by atoms with Crippen molar-refractivity contribution in [3.63, 3.8) is 0 Å². The van der Waals surface area contributed by atoms with Crippen LogP contribution in [0.5, 0.6) is 11.5 Å². The molecule has 0 heterocycles. The molecule has 1 aliphatic rings. The second-order valence-corrected chi connectivity index (χ2v) is 4.94. The van der Waals surface area contributed by atoms with Crippen LogP contribution in [-0.4, -0.2) is 32.7 Å². The van der Waals surface area contributed by atoms with Gasteiger partial charge in [-0.1, -0.05) is 6.07 Å². The van der Waals surface area contributed by atoms with Crippen molar-refractivity contribution in [3.05, 3.63) is 23.8 Å². The molecule has 0 atom stereocenters. The molecule has 0 spiro atoms. The Morgan fingerprint density at radius 3 is 2.65 bits per heavy atom. The zero-order valence-electron chi connectivity index (χ0n) is 12.1. The number of methoxy groups -OCH3 is 2. The fourth-order valence-corrected chi connectivity index (χ4v) is 1.96. The van der Waals surface area contributed by atoms with Gasteiger partial charge in [0.05, 0.1) is 14.2 Å². The summed E-state index contributed by atoms with van der Waals surface area (Å²) in [5, 5.41) is 6.23. The summed E-state index contributed by atoms with van der Waals surface area (Å²) in [5.74, 6) is 1.43. The lowest BCUT2D eigenvalue weighted by molar-refractivity contribution is -0.121. The van der Waals surface area contributed by atoms with Crippen LogP contribution >= 0.6 is 0 Å². The number of hydrogen-bond donors (Lipinski definition) is 2. The van der Waals surface area contributed by atoms with Crippen LogP contribution in [0.3, 0.4) is 0 Å². The van der Waals surface area contributed by atoms with E-state index < -0.39 is 0 Å². The van der Waals surface area contributed by atoms with Gasteiger partial charge in [-0.05, 0) is 30.5 Å². The summed E-state index contributed by atoms with van der Waals surface area (Å²) >= 11 is 0. The van der Waals surface area contributed by atoms with E-state index in [9.17, 15) is 4.79 Å². The minimum atomic E-state index is 0.0629. The monoisotopic (exact) mass is 278 g/mol. The third-order valence-electron chi connectivity index (χ3n) is 3.30. The molecule has 0 radical (unpaired) electrons. The normalized spacial score (nSPS) is 13.9. The number of carbonyl (C=O) groups is 1. The Labute approximate surface area is 119 Å². The number of amides is 1. The molecule has 1 aromatic rings. The maximum Gasteiger partial charge on any atom is 0.221 e. The van der Waals surface area contributed by atoms with Gasteiger partial charge in [0.25, 0.3) is 0 Å². The fraction of sp³-hybridized carbons (Fsp3) is 0.533. The molecule has 0 saturated heterocycles. The van der Waals surface area contributed by atoms with Crippen molar-refractivity contribution in [1.29, 1.82) is 0 Å². The largest absolute Gasteiger partial charge is 0.493 e. The zero-order chi connectivity index (χ0) is 14.4. The maximum absolute atomic E-state index is 11.7. The minimum absolute atomic E-state index is 0.0629. The van der Waals surface area contributed by atoms with E-state index in [1.54, 1.807) is 14.2 Å². The van der Waals surface area contributed by atoms with Crippen LogP contribution in [0, 0.1) is 0 Å². The molecule has 2 N–H and O–H groups in total. The van der Waals surface area contributed by atoms with Gasteiger partial charge >= 0.3 is 0 Å². The van der Waals surface area contributed by atoms with Gasteiger partial charge in [-0.25, -0.2) is 0 Å². The van der Waals surface area contributed by atoms with Gasteiger partial charge < -0.3 is 20.1 Å². The number of nitrogens with one attached hydrogen (secondary N) is 2. The molecule has 0 aliphatic heterocycles. The van der Waals surface area contributed by atoms with Crippen molar-refractivity contribution in [3.8, 4) is 11.5 Å². The summed E-state index contributed by atoms with van der Waals surface area (Å²) in [5.41, 5.74) is 0.992.